The Balaban J connectivity index is 0. The molecule has 1 atom stereocenters. The van der Waals surface area contributed by atoms with Crippen LogP contribution < -0.4 is 10.6 Å². The molecule has 0 saturated heterocycles. The minimum Gasteiger partial charge on any atom is -0.505 e. The molecule has 3 N–H and O–H groups in total. The molecule has 2 rings (SSSR count). The van der Waals surface area contributed by atoms with Gasteiger partial charge in [-0.2, -0.15) is 4.40 Å². The Morgan fingerprint density at radius 1 is 1.10 bits per heavy atom. The lowest BCUT2D eigenvalue weighted by atomic mass is 10.1. The van der Waals surface area contributed by atoms with Crippen molar-refractivity contribution in [2.24, 2.45) is 8.80 Å². The van der Waals surface area contributed by atoms with E-state index in [1.54, 1.807) is 19.3 Å². The molecule has 10 nitrogen and oxygen atoms in total. The molecule has 0 aromatic carbocycles. The Kier molecular flexibility index (Phi) is 20.3. The van der Waals surface area contributed by atoms with E-state index in [-0.39, 0.29) is 29.3 Å². The molecular formula is C27H51N5O5S2. The van der Waals surface area contributed by atoms with Crippen LogP contribution in [0.1, 0.15) is 99.3 Å². The Morgan fingerprint density at radius 3 is 2.15 bits per heavy atom. The Bertz CT molecular complexity index is 1100. The van der Waals surface area contributed by atoms with E-state index < -0.39 is 21.2 Å². The number of rotatable bonds is 11. The van der Waals surface area contributed by atoms with Gasteiger partial charge in [-0.25, -0.2) is 16.9 Å². The number of furan rings is 1. The Morgan fingerprint density at radius 2 is 1.69 bits per heavy atom. The van der Waals surface area contributed by atoms with Gasteiger partial charge in [0.1, 0.15) is 16.4 Å². The fraction of sp³-hybridized carbons (Fsp3) is 0.630. The highest BCUT2D eigenvalue weighted by atomic mass is 32.2. The quantitative estimate of drug-likeness (QED) is 0.214. The third-order valence-electron chi connectivity index (χ3n) is 4.89. The first-order valence-corrected chi connectivity index (χ1v) is 16.2. The molecule has 1 aliphatic heterocycles. The van der Waals surface area contributed by atoms with Crippen molar-refractivity contribution in [2.45, 2.75) is 94.5 Å². The number of aliphatic hydroxyl groups excluding tert-OH is 1. The summed E-state index contributed by atoms with van der Waals surface area (Å²) in [6, 6.07) is 1.95. The van der Waals surface area contributed by atoms with Gasteiger partial charge in [-0.1, -0.05) is 75.3 Å². The van der Waals surface area contributed by atoms with Crippen molar-refractivity contribution in [1.29, 1.82) is 0 Å². The number of nitrogens with one attached hydrogen (secondary N) is 2. The summed E-state index contributed by atoms with van der Waals surface area (Å²) in [7, 11) is -0.972. The minimum atomic E-state index is -3.80. The lowest BCUT2D eigenvalue weighted by Gasteiger charge is -2.18. The molecule has 0 radical (unpaired) electrons. The monoisotopic (exact) mass is 589 g/mol. The molecule has 0 amide bonds. The van der Waals surface area contributed by atoms with E-state index in [0.29, 0.717) is 36.2 Å². The summed E-state index contributed by atoms with van der Waals surface area (Å²) in [5.41, 5.74) is 1.73. The fourth-order valence-electron chi connectivity index (χ4n) is 2.98. The van der Waals surface area contributed by atoms with Crippen LogP contribution in [0.4, 0.5) is 0 Å². The minimum absolute atomic E-state index is 0.0852. The van der Waals surface area contributed by atoms with Crippen LogP contribution in [-0.2, 0) is 27.7 Å². The van der Waals surface area contributed by atoms with Crippen molar-refractivity contribution in [3.05, 3.63) is 46.1 Å². The third kappa shape index (κ3) is 12.1. The van der Waals surface area contributed by atoms with Crippen LogP contribution in [0.5, 0.6) is 0 Å². The topological polar surface area (TPSA) is 137 Å². The van der Waals surface area contributed by atoms with Gasteiger partial charge in [0.05, 0.1) is 25.0 Å². The average Bonchev–Trinajstić information content (AvgIpc) is 3.55. The molecule has 1 aromatic heterocycles. The van der Waals surface area contributed by atoms with Gasteiger partial charge < -0.3 is 20.2 Å². The van der Waals surface area contributed by atoms with Crippen LogP contribution in [0.25, 0.3) is 0 Å². The molecule has 12 heteroatoms. The van der Waals surface area contributed by atoms with Gasteiger partial charge in [0.2, 0.25) is 10.0 Å². The maximum absolute atomic E-state index is 12.6. The molecule has 226 valence electrons. The predicted molar refractivity (Wildman–Crippen MR) is 166 cm³/mol. The summed E-state index contributed by atoms with van der Waals surface area (Å²) in [5, 5.41) is 16.9. The number of hydrogen-bond donors (Lipinski definition) is 3. The van der Waals surface area contributed by atoms with Gasteiger partial charge in [0.25, 0.3) is 11.2 Å². The highest BCUT2D eigenvalue weighted by molar-refractivity contribution is 7.93. The summed E-state index contributed by atoms with van der Waals surface area (Å²) in [6.45, 7) is 20.1. The van der Waals surface area contributed by atoms with Gasteiger partial charge in [-0.15, -0.1) is 4.40 Å². The third-order valence-corrected chi connectivity index (χ3v) is 7.67. The standard InChI is InChI=1S/C21H33N5O5S2.3C2H6/c1-7-9-17(20(27)19(8-2)33(29,30)26(5)6)22-12-18-21(25-32(28)24-18)23-11-16-10-15(13-31-16)14(3)4;3*1-2/h9-10,13-14,22,27H,7-8,11-12H2,1-6H3,(H,23,25);3*1-2H3/b17-9+,20-19-;;;. The van der Waals surface area contributed by atoms with Crippen molar-refractivity contribution in [2.75, 3.05) is 20.6 Å². The second-order valence-corrected chi connectivity index (χ2v) is 10.9. The SMILES string of the molecule is CC.CC.CC.CC/C=C(NCC1=NS(=O)N=C1NCc1cc(C(C)C)co1)\C(O)=C(/CC)S(=O)(=O)N(C)C. The molecule has 39 heavy (non-hydrogen) atoms. The molecule has 2 heterocycles. The molecular weight excluding hydrogens is 538 g/mol. The zero-order valence-corrected chi connectivity index (χ0v) is 27.5. The summed E-state index contributed by atoms with van der Waals surface area (Å²) in [5.74, 6) is 1.05. The average molecular weight is 590 g/mol. The van der Waals surface area contributed by atoms with E-state index >= 15 is 0 Å². The molecule has 1 unspecified atom stereocenters. The van der Waals surface area contributed by atoms with Crippen LogP contribution in [0, 0.1) is 0 Å². The maximum Gasteiger partial charge on any atom is 0.268 e. The largest absolute Gasteiger partial charge is 0.505 e. The predicted octanol–water partition coefficient (Wildman–Crippen LogP) is 5.96. The van der Waals surface area contributed by atoms with Crippen molar-refractivity contribution in [3.63, 3.8) is 0 Å². The Hall–Kier alpha value is -2.44. The van der Waals surface area contributed by atoms with Crippen LogP contribution in [0.15, 0.2) is 48.0 Å². The highest BCUT2D eigenvalue weighted by Crippen LogP contribution is 2.22. The summed E-state index contributed by atoms with van der Waals surface area (Å²) >= 11 is -1.76. The first kappa shape index (κ1) is 38.7. The van der Waals surface area contributed by atoms with E-state index in [9.17, 15) is 17.7 Å². The zero-order chi connectivity index (χ0) is 30.8. The molecule has 1 aromatic rings. The molecule has 0 fully saturated rings. The van der Waals surface area contributed by atoms with Crippen LogP contribution >= 0.6 is 0 Å². The molecule has 0 aliphatic carbocycles. The number of sulfonamides is 1. The summed E-state index contributed by atoms with van der Waals surface area (Å²) in [6.07, 6.45) is 4.07. The van der Waals surface area contributed by atoms with Gasteiger partial charge in [0.15, 0.2) is 11.6 Å². The smallest absolute Gasteiger partial charge is 0.268 e. The zero-order valence-electron chi connectivity index (χ0n) is 25.9. The molecule has 0 bridgehead atoms. The van der Waals surface area contributed by atoms with Crippen LogP contribution in [0.2, 0.25) is 0 Å². The van der Waals surface area contributed by atoms with Gasteiger partial charge in [-0.05, 0) is 30.4 Å². The number of allylic oxidation sites excluding steroid dienone is 2. The summed E-state index contributed by atoms with van der Waals surface area (Å²) in [4.78, 5) is -0.0950. The second-order valence-electron chi connectivity index (χ2n) is 7.86. The number of hydrogen-bond acceptors (Lipinski definition) is 7. The van der Waals surface area contributed by atoms with E-state index in [1.165, 1.54) is 14.1 Å². The maximum atomic E-state index is 12.6. The van der Waals surface area contributed by atoms with E-state index in [0.717, 1.165) is 9.87 Å². The first-order valence-electron chi connectivity index (χ1n) is 13.7. The van der Waals surface area contributed by atoms with Crippen molar-refractivity contribution in [1.82, 2.24) is 14.9 Å². The van der Waals surface area contributed by atoms with Crippen molar-refractivity contribution < 1.29 is 22.2 Å². The lowest BCUT2D eigenvalue weighted by Crippen LogP contribution is -2.36. The summed E-state index contributed by atoms with van der Waals surface area (Å²) < 4.78 is 51.7. The van der Waals surface area contributed by atoms with Crippen LogP contribution in [0.3, 0.4) is 0 Å². The molecule has 1 aliphatic rings. The van der Waals surface area contributed by atoms with E-state index in [4.69, 9.17) is 4.42 Å². The number of aliphatic hydroxyl groups is 1. The van der Waals surface area contributed by atoms with E-state index in [2.05, 4.69) is 33.3 Å². The van der Waals surface area contributed by atoms with Crippen LogP contribution in [-0.4, -0.2) is 54.2 Å². The van der Waals surface area contributed by atoms with Crippen molar-refractivity contribution in [3.8, 4) is 0 Å². The normalized spacial score (nSPS) is 15.5. The lowest BCUT2D eigenvalue weighted by molar-refractivity contribution is 0.407. The molecule has 0 saturated carbocycles. The van der Waals surface area contributed by atoms with Gasteiger partial charge >= 0.3 is 0 Å². The van der Waals surface area contributed by atoms with Gasteiger partial charge in [-0.3, -0.25) is 0 Å². The van der Waals surface area contributed by atoms with Gasteiger partial charge in [0, 0.05) is 14.1 Å². The fourth-order valence-corrected chi connectivity index (χ4v) is 4.85. The van der Waals surface area contributed by atoms with Crippen molar-refractivity contribution >= 4 is 32.7 Å². The second kappa shape index (κ2) is 20.5. The number of nitrogens with zero attached hydrogens (tertiary/aromatic N) is 3. The van der Waals surface area contributed by atoms with E-state index in [1.807, 2.05) is 54.5 Å². The Labute approximate surface area is 239 Å². The molecule has 0 spiro atoms. The highest BCUT2D eigenvalue weighted by Gasteiger charge is 2.26. The number of amidine groups is 1. The first-order chi connectivity index (χ1) is 18.5.